The molecule has 0 saturated carbocycles. The first-order chi connectivity index (χ1) is 9.26. The summed E-state index contributed by atoms with van der Waals surface area (Å²) in [5.74, 6) is 0.928. The van der Waals surface area contributed by atoms with Crippen LogP contribution >= 0.6 is 11.6 Å². The lowest BCUT2D eigenvalue weighted by Crippen LogP contribution is -2.27. The van der Waals surface area contributed by atoms with Crippen LogP contribution in [0, 0.1) is 0 Å². The first kappa shape index (κ1) is 16.4. The lowest BCUT2D eigenvalue weighted by molar-refractivity contribution is 0.0636. The van der Waals surface area contributed by atoms with Crippen LogP contribution in [0.3, 0.4) is 0 Å². The molecule has 1 aromatic rings. The number of anilines is 1. The van der Waals surface area contributed by atoms with Gasteiger partial charge >= 0.3 is 6.09 Å². The Balaban J connectivity index is 2.99. The zero-order valence-electron chi connectivity index (χ0n) is 12.2. The van der Waals surface area contributed by atoms with E-state index in [1.54, 1.807) is 46.1 Å². The van der Waals surface area contributed by atoms with Gasteiger partial charge in [-0.25, -0.2) is 4.79 Å². The predicted octanol–water partition coefficient (Wildman–Crippen LogP) is 4.29. The summed E-state index contributed by atoms with van der Waals surface area (Å²) in [4.78, 5) is 11.8. The number of benzene rings is 1. The van der Waals surface area contributed by atoms with E-state index >= 15 is 0 Å². The fraction of sp³-hybridized carbons (Fsp3) is 0.400. The summed E-state index contributed by atoms with van der Waals surface area (Å²) in [5, 5.41) is 2.70. The number of carbonyl (C=O) groups excluding carboxylic acids is 1. The number of hydrogen-bond acceptors (Lipinski definition) is 3. The minimum absolute atomic E-state index is 0.260. The van der Waals surface area contributed by atoms with Crippen LogP contribution in [-0.2, 0) is 4.74 Å². The maximum atomic E-state index is 11.8. The van der Waals surface area contributed by atoms with Crippen molar-refractivity contribution in [2.45, 2.75) is 26.4 Å². The first-order valence-electron chi connectivity index (χ1n) is 6.19. The van der Waals surface area contributed by atoms with Crippen molar-refractivity contribution in [2.75, 3.05) is 18.3 Å². The van der Waals surface area contributed by atoms with Crippen molar-refractivity contribution in [3.8, 4) is 5.75 Å². The van der Waals surface area contributed by atoms with Crippen LogP contribution in [0.1, 0.15) is 26.3 Å². The average molecular weight is 298 g/mol. The Morgan fingerprint density at radius 2 is 2.05 bits per heavy atom. The van der Waals surface area contributed by atoms with Crippen LogP contribution in [0.4, 0.5) is 10.5 Å². The van der Waals surface area contributed by atoms with E-state index in [1.165, 1.54) is 0 Å². The number of halogens is 1. The molecule has 0 bridgehead atoms. The molecule has 20 heavy (non-hydrogen) atoms. The zero-order chi connectivity index (χ0) is 15.3. The molecule has 0 radical (unpaired) electrons. The Morgan fingerprint density at radius 3 is 2.55 bits per heavy atom. The minimum Gasteiger partial charge on any atom is -0.497 e. The Hall–Kier alpha value is -1.68. The molecule has 0 aromatic heterocycles. The number of rotatable bonds is 4. The summed E-state index contributed by atoms with van der Waals surface area (Å²) in [6.07, 6.45) is -0.522. The van der Waals surface area contributed by atoms with Crippen LogP contribution in [-0.4, -0.2) is 24.7 Å². The van der Waals surface area contributed by atoms with E-state index in [-0.39, 0.29) is 5.88 Å². The third-order valence-electron chi connectivity index (χ3n) is 2.40. The van der Waals surface area contributed by atoms with Crippen LogP contribution in [0.25, 0.3) is 5.57 Å². The number of alkyl halides is 1. The third kappa shape index (κ3) is 4.78. The molecule has 4 nitrogen and oxygen atoms in total. The number of hydrogen-bond donors (Lipinski definition) is 1. The van der Waals surface area contributed by atoms with E-state index in [4.69, 9.17) is 21.1 Å². The van der Waals surface area contributed by atoms with Crippen molar-refractivity contribution in [1.29, 1.82) is 0 Å². The third-order valence-corrected chi connectivity index (χ3v) is 2.73. The lowest BCUT2D eigenvalue weighted by atomic mass is 10.1. The van der Waals surface area contributed by atoms with Gasteiger partial charge in [0.25, 0.3) is 0 Å². The molecule has 0 spiro atoms. The normalized spacial score (nSPS) is 10.8. The summed E-state index contributed by atoms with van der Waals surface area (Å²) in [5.41, 5.74) is 1.45. The van der Waals surface area contributed by atoms with Crippen molar-refractivity contribution in [3.63, 3.8) is 0 Å². The van der Waals surface area contributed by atoms with E-state index in [2.05, 4.69) is 11.9 Å². The van der Waals surface area contributed by atoms with Gasteiger partial charge in [-0.05, 0) is 44.5 Å². The molecule has 1 aromatic carbocycles. The molecule has 110 valence electrons. The van der Waals surface area contributed by atoms with Gasteiger partial charge in [0.15, 0.2) is 0 Å². The van der Waals surface area contributed by atoms with Crippen molar-refractivity contribution in [2.24, 2.45) is 0 Å². The second-order valence-electron chi connectivity index (χ2n) is 5.28. The fourth-order valence-corrected chi connectivity index (χ4v) is 1.68. The molecule has 0 unspecified atom stereocenters. The number of amides is 1. The number of carbonyl (C=O) groups is 1. The molecule has 1 amide bonds. The fourth-order valence-electron chi connectivity index (χ4n) is 1.54. The number of ether oxygens (including phenoxy) is 2. The molecule has 1 N–H and O–H groups in total. The molecule has 5 heteroatoms. The average Bonchev–Trinajstić information content (AvgIpc) is 2.36. The van der Waals surface area contributed by atoms with E-state index in [9.17, 15) is 4.79 Å². The van der Waals surface area contributed by atoms with Gasteiger partial charge in [-0.2, -0.15) is 0 Å². The Bertz CT molecular complexity index is 506. The zero-order valence-corrected chi connectivity index (χ0v) is 13.0. The lowest BCUT2D eigenvalue weighted by Gasteiger charge is -2.21. The van der Waals surface area contributed by atoms with Gasteiger partial charge in [-0.15, -0.1) is 11.6 Å². The van der Waals surface area contributed by atoms with Gasteiger partial charge in [0, 0.05) is 11.4 Å². The highest BCUT2D eigenvalue weighted by atomic mass is 35.5. The highest BCUT2D eigenvalue weighted by molar-refractivity contribution is 6.23. The SMILES string of the molecule is C=C(CCl)c1cc(OC)ccc1NC(=O)OC(C)(C)C. The minimum atomic E-state index is -0.555. The van der Waals surface area contributed by atoms with Crippen LogP contribution < -0.4 is 10.1 Å². The molecule has 0 aliphatic carbocycles. The molecular formula is C15H20ClNO3. The maximum Gasteiger partial charge on any atom is 0.412 e. The summed E-state index contributed by atoms with van der Waals surface area (Å²) in [6.45, 7) is 9.30. The van der Waals surface area contributed by atoms with Crippen molar-refractivity contribution in [3.05, 3.63) is 30.3 Å². The second kappa shape index (κ2) is 6.66. The Kier molecular flexibility index (Phi) is 5.45. The largest absolute Gasteiger partial charge is 0.497 e. The molecular weight excluding hydrogens is 278 g/mol. The van der Waals surface area contributed by atoms with E-state index < -0.39 is 11.7 Å². The number of nitrogens with one attached hydrogen (secondary N) is 1. The second-order valence-corrected chi connectivity index (χ2v) is 5.54. The van der Waals surface area contributed by atoms with E-state index in [0.29, 0.717) is 17.0 Å². The van der Waals surface area contributed by atoms with E-state index in [1.807, 2.05) is 0 Å². The standard InChI is InChI=1S/C15H20ClNO3/c1-10(9-16)12-8-11(19-5)6-7-13(12)17-14(18)20-15(2,3)4/h6-8H,1,9H2,2-5H3,(H,17,18). The molecule has 0 fully saturated rings. The van der Waals surface area contributed by atoms with Gasteiger partial charge in [-0.3, -0.25) is 5.32 Å². The monoisotopic (exact) mass is 297 g/mol. The van der Waals surface area contributed by atoms with Gasteiger partial charge in [0.1, 0.15) is 11.4 Å². The summed E-state index contributed by atoms with van der Waals surface area (Å²) in [6, 6.07) is 5.25. The molecule has 0 atom stereocenters. The van der Waals surface area contributed by atoms with Gasteiger partial charge in [0.2, 0.25) is 0 Å². The first-order valence-corrected chi connectivity index (χ1v) is 6.72. The van der Waals surface area contributed by atoms with Gasteiger partial charge in [-0.1, -0.05) is 6.58 Å². The van der Waals surface area contributed by atoms with Crippen molar-refractivity contribution < 1.29 is 14.3 Å². The maximum absolute atomic E-state index is 11.8. The topological polar surface area (TPSA) is 47.6 Å². The van der Waals surface area contributed by atoms with E-state index in [0.717, 1.165) is 5.56 Å². The van der Waals surface area contributed by atoms with Crippen LogP contribution in [0.2, 0.25) is 0 Å². The Morgan fingerprint density at radius 1 is 1.40 bits per heavy atom. The van der Waals surface area contributed by atoms with Crippen LogP contribution in [0.15, 0.2) is 24.8 Å². The predicted molar refractivity (Wildman–Crippen MR) is 82.6 cm³/mol. The van der Waals surface area contributed by atoms with Gasteiger partial charge < -0.3 is 9.47 Å². The molecule has 0 aliphatic rings. The summed E-state index contributed by atoms with van der Waals surface area (Å²) >= 11 is 5.81. The number of allylic oxidation sites excluding steroid dienone is 1. The Labute approximate surface area is 124 Å². The summed E-state index contributed by atoms with van der Waals surface area (Å²) in [7, 11) is 1.57. The van der Waals surface area contributed by atoms with Crippen molar-refractivity contribution >= 4 is 29.0 Å². The van der Waals surface area contributed by atoms with Gasteiger partial charge in [0.05, 0.1) is 12.8 Å². The quantitative estimate of drug-likeness (QED) is 0.843. The van der Waals surface area contributed by atoms with Crippen molar-refractivity contribution in [1.82, 2.24) is 0 Å². The molecule has 0 aliphatic heterocycles. The molecule has 1 rings (SSSR count). The van der Waals surface area contributed by atoms with Crippen LogP contribution in [0.5, 0.6) is 5.75 Å². The number of methoxy groups -OCH3 is 1. The smallest absolute Gasteiger partial charge is 0.412 e. The molecule has 0 saturated heterocycles. The highest BCUT2D eigenvalue weighted by Crippen LogP contribution is 2.28. The summed E-state index contributed by atoms with van der Waals surface area (Å²) < 4.78 is 10.4. The highest BCUT2D eigenvalue weighted by Gasteiger charge is 2.18. The molecule has 0 heterocycles.